The molecule has 1 aliphatic rings. The SMILES string of the molecule is Cc1cc(C)c(NC(=O)c2ccc(NCc3ccc4c(c3)OCO4)nc2)c(C)c1. The van der Waals surface area contributed by atoms with Crippen LogP contribution in [0.4, 0.5) is 11.5 Å². The smallest absolute Gasteiger partial charge is 0.257 e. The van der Waals surface area contributed by atoms with Gasteiger partial charge in [-0.2, -0.15) is 0 Å². The number of carbonyl (C=O) groups excluding carboxylic acids is 1. The number of anilines is 2. The maximum atomic E-state index is 12.6. The molecule has 0 bridgehead atoms. The lowest BCUT2D eigenvalue weighted by atomic mass is 10.0. The summed E-state index contributed by atoms with van der Waals surface area (Å²) >= 11 is 0. The predicted octanol–water partition coefficient (Wildman–Crippen LogP) is 4.60. The van der Waals surface area contributed by atoms with Crippen molar-refractivity contribution in [3.63, 3.8) is 0 Å². The van der Waals surface area contributed by atoms with Crippen molar-refractivity contribution in [2.75, 3.05) is 17.4 Å². The minimum absolute atomic E-state index is 0.171. The van der Waals surface area contributed by atoms with Crippen LogP contribution >= 0.6 is 0 Å². The Morgan fingerprint density at radius 1 is 1.00 bits per heavy atom. The average Bonchev–Trinajstić information content (AvgIpc) is 3.17. The number of pyridine rings is 1. The van der Waals surface area contributed by atoms with E-state index in [0.717, 1.165) is 33.9 Å². The van der Waals surface area contributed by atoms with Crippen LogP contribution in [-0.4, -0.2) is 17.7 Å². The molecule has 0 radical (unpaired) electrons. The number of fused-ring (bicyclic) bond motifs is 1. The molecule has 3 aromatic rings. The minimum Gasteiger partial charge on any atom is -0.454 e. The van der Waals surface area contributed by atoms with Crippen molar-refractivity contribution in [1.82, 2.24) is 4.98 Å². The van der Waals surface area contributed by atoms with Crippen molar-refractivity contribution in [3.8, 4) is 11.5 Å². The zero-order valence-corrected chi connectivity index (χ0v) is 16.7. The van der Waals surface area contributed by atoms with Gasteiger partial charge in [-0.25, -0.2) is 4.98 Å². The number of rotatable bonds is 5. The van der Waals surface area contributed by atoms with Crippen molar-refractivity contribution >= 4 is 17.4 Å². The molecule has 0 aliphatic carbocycles. The molecule has 0 saturated heterocycles. The highest BCUT2D eigenvalue weighted by atomic mass is 16.7. The van der Waals surface area contributed by atoms with Gasteiger partial charge in [0.15, 0.2) is 11.5 Å². The molecular formula is C23H23N3O3. The van der Waals surface area contributed by atoms with E-state index >= 15 is 0 Å². The van der Waals surface area contributed by atoms with Gasteiger partial charge in [0.05, 0.1) is 5.56 Å². The number of nitrogens with one attached hydrogen (secondary N) is 2. The highest BCUT2D eigenvalue weighted by Crippen LogP contribution is 2.32. The third-order valence-electron chi connectivity index (χ3n) is 4.85. The molecular weight excluding hydrogens is 366 g/mol. The lowest BCUT2D eigenvalue weighted by Crippen LogP contribution is -2.14. The van der Waals surface area contributed by atoms with E-state index in [1.165, 1.54) is 5.56 Å². The molecule has 1 aliphatic heterocycles. The lowest BCUT2D eigenvalue weighted by Gasteiger charge is -2.13. The van der Waals surface area contributed by atoms with Crippen LogP contribution in [-0.2, 0) is 6.54 Å². The van der Waals surface area contributed by atoms with E-state index in [-0.39, 0.29) is 12.7 Å². The summed E-state index contributed by atoms with van der Waals surface area (Å²) in [5.74, 6) is 2.05. The molecule has 1 amide bonds. The van der Waals surface area contributed by atoms with Gasteiger partial charge in [0, 0.05) is 18.4 Å². The zero-order chi connectivity index (χ0) is 20.4. The molecule has 2 N–H and O–H groups in total. The fourth-order valence-electron chi connectivity index (χ4n) is 3.44. The summed E-state index contributed by atoms with van der Waals surface area (Å²) in [5.41, 5.74) is 5.70. The maximum absolute atomic E-state index is 12.6. The van der Waals surface area contributed by atoms with E-state index < -0.39 is 0 Å². The van der Waals surface area contributed by atoms with E-state index in [0.29, 0.717) is 17.9 Å². The topological polar surface area (TPSA) is 72.5 Å². The number of aryl methyl sites for hydroxylation is 3. The van der Waals surface area contributed by atoms with Crippen molar-refractivity contribution in [3.05, 3.63) is 76.5 Å². The van der Waals surface area contributed by atoms with E-state index in [4.69, 9.17) is 9.47 Å². The summed E-state index contributed by atoms with van der Waals surface area (Å²) in [7, 11) is 0. The quantitative estimate of drug-likeness (QED) is 0.667. The Balaban J connectivity index is 1.39. The van der Waals surface area contributed by atoms with Gasteiger partial charge in [0.2, 0.25) is 6.79 Å². The average molecular weight is 389 g/mol. The van der Waals surface area contributed by atoms with Gasteiger partial charge < -0.3 is 20.1 Å². The number of hydrogen-bond donors (Lipinski definition) is 2. The van der Waals surface area contributed by atoms with Crippen LogP contribution in [0, 0.1) is 20.8 Å². The van der Waals surface area contributed by atoms with Gasteiger partial charge in [-0.3, -0.25) is 4.79 Å². The van der Waals surface area contributed by atoms with E-state index in [9.17, 15) is 4.79 Å². The number of amides is 1. The van der Waals surface area contributed by atoms with Gasteiger partial charge in [-0.15, -0.1) is 0 Å². The normalized spacial score (nSPS) is 12.0. The summed E-state index contributed by atoms with van der Waals surface area (Å²) in [4.78, 5) is 17.0. The van der Waals surface area contributed by atoms with Crippen LogP contribution in [0.1, 0.15) is 32.6 Å². The first-order chi connectivity index (χ1) is 14.0. The summed E-state index contributed by atoms with van der Waals surface area (Å²) in [6, 6.07) is 13.5. The molecule has 2 aromatic carbocycles. The first-order valence-electron chi connectivity index (χ1n) is 9.47. The lowest BCUT2D eigenvalue weighted by molar-refractivity contribution is 0.102. The molecule has 0 atom stereocenters. The van der Waals surface area contributed by atoms with Crippen molar-refractivity contribution in [1.29, 1.82) is 0 Å². The van der Waals surface area contributed by atoms with Crippen molar-refractivity contribution in [2.45, 2.75) is 27.3 Å². The van der Waals surface area contributed by atoms with Crippen molar-refractivity contribution in [2.24, 2.45) is 0 Å². The van der Waals surface area contributed by atoms with E-state index in [1.807, 2.05) is 39.0 Å². The third kappa shape index (κ3) is 4.16. The second-order valence-electron chi connectivity index (χ2n) is 7.20. The number of carbonyl (C=O) groups is 1. The molecule has 4 rings (SSSR count). The second-order valence-corrected chi connectivity index (χ2v) is 7.20. The molecule has 29 heavy (non-hydrogen) atoms. The van der Waals surface area contributed by atoms with E-state index in [2.05, 4.69) is 27.8 Å². The van der Waals surface area contributed by atoms with Gasteiger partial charge >= 0.3 is 0 Å². The van der Waals surface area contributed by atoms with Crippen LogP contribution in [0.15, 0.2) is 48.7 Å². The fraction of sp³-hybridized carbons (Fsp3) is 0.217. The molecule has 148 valence electrons. The Morgan fingerprint density at radius 3 is 2.48 bits per heavy atom. The first-order valence-corrected chi connectivity index (χ1v) is 9.47. The zero-order valence-electron chi connectivity index (χ0n) is 16.7. The van der Waals surface area contributed by atoms with Gasteiger partial charge in [-0.1, -0.05) is 23.8 Å². The highest BCUT2D eigenvalue weighted by Gasteiger charge is 2.13. The third-order valence-corrected chi connectivity index (χ3v) is 4.85. The Morgan fingerprint density at radius 2 is 1.76 bits per heavy atom. The molecule has 6 nitrogen and oxygen atoms in total. The van der Waals surface area contributed by atoms with Gasteiger partial charge in [0.25, 0.3) is 5.91 Å². The van der Waals surface area contributed by atoms with E-state index in [1.54, 1.807) is 18.3 Å². The van der Waals surface area contributed by atoms with Crippen LogP contribution in [0.2, 0.25) is 0 Å². The Labute approximate surface area is 169 Å². The monoisotopic (exact) mass is 389 g/mol. The predicted molar refractivity (Wildman–Crippen MR) is 113 cm³/mol. The molecule has 1 aromatic heterocycles. The summed E-state index contributed by atoms with van der Waals surface area (Å²) in [6.45, 7) is 6.90. The largest absolute Gasteiger partial charge is 0.454 e. The number of hydrogen-bond acceptors (Lipinski definition) is 5. The van der Waals surface area contributed by atoms with Crippen LogP contribution < -0.4 is 20.1 Å². The Bertz CT molecular complexity index is 1040. The molecule has 6 heteroatoms. The summed E-state index contributed by atoms with van der Waals surface area (Å²) in [6.07, 6.45) is 1.58. The number of ether oxygens (including phenoxy) is 2. The molecule has 0 saturated carbocycles. The second kappa shape index (κ2) is 7.83. The minimum atomic E-state index is -0.171. The van der Waals surface area contributed by atoms with Gasteiger partial charge in [-0.05, 0) is 61.7 Å². The maximum Gasteiger partial charge on any atom is 0.257 e. The van der Waals surface area contributed by atoms with Crippen molar-refractivity contribution < 1.29 is 14.3 Å². The fourth-order valence-corrected chi connectivity index (χ4v) is 3.44. The summed E-state index contributed by atoms with van der Waals surface area (Å²) < 4.78 is 10.7. The molecule has 0 spiro atoms. The first kappa shape index (κ1) is 18.8. The number of nitrogens with zero attached hydrogens (tertiary/aromatic N) is 1. The Kier molecular flexibility index (Phi) is 5.08. The molecule has 0 fully saturated rings. The number of benzene rings is 2. The summed E-state index contributed by atoms with van der Waals surface area (Å²) in [5, 5.41) is 6.25. The van der Waals surface area contributed by atoms with Crippen LogP contribution in [0.3, 0.4) is 0 Å². The highest BCUT2D eigenvalue weighted by molar-refractivity contribution is 6.05. The Hall–Kier alpha value is -3.54. The number of aromatic nitrogens is 1. The molecule has 0 unspecified atom stereocenters. The molecule has 2 heterocycles. The van der Waals surface area contributed by atoms with Crippen LogP contribution in [0.5, 0.6) is 11.5 Å². The van der Waals surface area contributed by atoms with Gasteiger partial charge in [0.1, 0.15) is 5.82 Å². The van der Waals surface area contributed by atoms with Crippen LogP contribution in [0.25, 0.3) is 0 Å². The standard InChI is InChI=1S/C23H23N3O3/c1-14-8-15(2)22(16(3)9-14)26-23(27)18-5-7-21(25-12-18)24-11-17-4-6-19-20(10-17)29-13-28-19/h4-10,12H,11,13H2,1-3H3,(H,24,25)(H,26,27).